The minimum atomic E-state index is 0.114. The number of aromatic nitrogens is 3. The smallest absolute Gasteiger partial charge is 0.160 e. The van der Waals surface area contributed by atoms with E-state index >= 15 is 0 Å². The van der Waals surface area contributed by atoms with E-state index in [4.69, 9.17) is 9.97 Å². The van der Waals surface area contributed by atoms with Gasteiger partial charge < -0.3 is 15.2 Å². The highest BCUT2D eigenvalue weighted by Crippen LogP contribution is 2.42. The van der Waals surface area contributed by atoms with Crippen molar-refractivity contribution in [3.63, 3.8) is 0 Å². The molecule has 0 bridgehead atoms. The molecule has 1 saturated heterocycles. The largest absolute Gasteiger partial charge is 0.381 e. The Morgan fingerprint density at radius 3 is 2.38 bits per heavy atom. The van der Waals surface area contributed by atoms with Gasteiger partial charge in [0.25, 0.3) is 0 Å². The third kappa shape index (κ3) is 5.93. The van der Waals surface area contributed by atoms with Gasteiger partial charge in [-0.3, -0.25) is 9.80 Å². The van der Waals surface area contributed by atoms with Crippen molar-refractivity contribution >= 4 is 16.9 Å². The number of nitrogens with one attached hydrogen (secondary N) is 2. The Labute approximate surface area is 241 Å². The molecule has 2 aliphatic rings. The molecule has 2 fully saturated rings. The number of piperazine rings is 1. The molecule has 1 saturated carbocycles. The van der Waals surface area contributed by atoms with Gasteiger partial charge in [0.2, 0.25) is 0 Å². The van der Waals surface area contributed by atoms with Crippen molar-refractivity contribution in [2.45, 2.75) is 109 Å². The molecule has 0 amide bonds. The summed E-state index contributed by atoms with van der Waals surface area (Å²) < 4.78 is 2.41. The molecule has 3 aromatic rings. The maximum absolute atomic E-state index is 5.31. The summed E-state index contributed by atoms with van der Waals surface area (Å²) in [6.45, 7) is 12.2. The summed E-state index contributed by atoms with van der Waals surface area (Å²) in [5, 5.41) is 7.54. The monoisotopic (exact) mass is 545 g/mol. The molecule has 7 nitrogen and oxygen atoms in total. The Bertz CT molecular complexity index is 1220. The van der Waals surface area contributed by atoms with Gasteiger partial charge in [-0.05, 0) is 78.1 Å². The lowest BCUT2D eigenvalue weighted by Crippen LogP contribution is -2.55. The van der Waals surface area contributed by atoms with Crippen molar-refractivity contribution in [2.24, 2.45) is 0 Å². The summed E-state index contributed by atoms with van der Waals surface area (Å²) in [5.74, 6) is 1.20. The van der Waals surface area contributed by atoms with Gasteiger partial charge in [0, 0.05) is 43.3 Å². The molecule has 2 aromatic heterocycles. The molecule has 218 valence electrons. The van der Waals surface area contributed by atoms with Crippen LogP contribution in [0, 0.1) is 0 Å². The molecule has 0 radical (unpaired) electrons. The van der Waals surface area contributed by atoms with E-state index in [-0.39, 0.29) is 5.54 Å². The molecule has 1 aromatic carbocycles. The minimum Gasteiger partial charge on any atom is -0.381 e. The fraction of sp³-hybridized carbons (Fsp3) is 0.636. The molecular formula is C33H51N7. The second-order valence-electron chi connectivity index (χ2n) is 12.6. The standard InChI is InChI=1S/C33H51N7/c1-7-12-30(39-22-24(3)35-25(4)23-39)32-37-29-20-28(21-34-31(29)40(32)19-8-2)36-27-15-17-33(18-16-27,38(5)6)26-13-10-9-11-14-26/h9-11,13-14,20-21,24-25,27,30,35-36H,7-8,12,15-19,22-23H2,1-6H3/t24-,25+,27-,30?,33+. The highest BCUT2D eigenvalue weighted by Gasteiger charge is 2.38. The molecule has 1 aliphatic heterocycles. The fourth-order valence-corrected chi connectivity index (χ4v) is 7.40. The highest BCUT2D eigenvalue weighted by molar-refractivity contribution is 5.76. The third-order valence-electron chi connectivity index (χ3n) is 9.30. The number of hydrogen-bond donors (Lipinski definition) is 2. The first kappa shape index (κ1) is 29.0. The zero-order valence-corrected chi connectivity index (χ0v) is 25.7. The van der Waals surface area contributed by atoms with Gasteiger partial charge >= 0.3 is 0 Å². The Balaban J connectivity index is 1.36. The van der Waals surface area contributed by atoms with E-state index in [0.29, 0.717) is 24.2 Å². The first-order valence-electron chi connectivity index (χ1n) is 15.7. The molecular weight excluding hydrogens is 494 g/mol. The average molecular weight is 546 g/mol. The summed E-state index contributed by atoms with van der Waals surface area (Å²) in [7, 11) is 4.46. The van der Waals surface area contributed by atoms with Crippen molar-refractivity contribution in [2.75, 3.05) is 32.5 Å². The van der Waals surface area contributed by atoms with Crippen LogP contribution in [0.15, 0.2) is 42.6 Å². The number of pyridine rings is 1. The van der Waals surface area contributed by atoms with Crippen LogP contribution in [-0.2, 0) is 12.1 Å². The van der Waals surface area contributed by atoms with Crippen LogP contribution in [0.5, 0.6) is 0 Å². The molecule has 1 aliphatic carbocycles. The van der Waals surface area contributed by atoms with Crippen LogP contribution in [-0.4, -0.2) is 69.6 Å². The number of fused-ring (bicyclic) bond motifs is 1. The Kier molecular flexibility index (Phi) is 9.13. The van der Waals surface area contributed by atoms with E-state index in [1.54, 1.807) is 0 Å². The number of aryl methyl sites for hydroxylation is 1. The summed E-state index contributed by atoms with van der Waals surface area (Å²) in [6, 6.07) is 15.1. The van der Waals surface area contributed by atoms with Gasteiger partial charge in [-0.2, -0.15) is 0 Å². The maximum Gasteiger partial charge on any atom is 0.160 e. The summed E-state index contributed by atoms with van der Waals surface area (Å²) in [4.78, 5) is 15.4. The van der Waals surface area contributed by atoms with E-state index in [9.17, 15) is 0 Å². The van der Waals surface area contributed by atoms with Crippen LogP contribution in [0.25, 0.3) is 11.2 Å². The van der Waals surface area contributed by atoms with Gasteiger partial charge in [0.1, 0.15) is 11.3 Å². The lowest BCUT2D eigenvalue weighted by atomic mass is 9.74. The lowest BCUT2D eigenvalue weighted by Gasteiger charge is -2.46. The molecule has 7 heteroatoms. The zero-order chi connectivity index (χ0) is 28.3. The predicted octanol–water partition coefficient (Wildman–Crippen LogP) is 6.18. The molecule has 3 heterocycles. The number of nitrogens with zero attached hydrogens (tertiary/aromatic N) is 5. The van der Waals surface area contributed by atoms with Gasteiger partial charge in [-0.1, -0.05) is 50.6 Å². The number of rotatable bonds is 10. The Morgan fingerprint density at radius 1 is 1.05 bits per heavy atom. The second-order valence-corrected chi connectivity index (χ2v) is 12.6. The number of anilines is 1. The van der Waals surface area contributed by atoms with Crippen molar-refractivity contribution in [3.05, 3.63) is 54.0 Å². The van der Waals surface area contributed by atoms with Crippen molar-refractivity contribution < 1.29 is 0 Å². The summed E-state index contributed by atoms with van der Waals surface area (Å²) in [6.07, 6.45) is 9.94. The maximum atomic E-state index is 5.31. The summed E-state index contributed by atoms with van der Waals surface area (Å²) in [5.41, 5.74) is 4.69. The van der Waals surface area contributed by atoms with Gasteiger partial charge in [-0.15, -0.1) is 0 Å². The normalized spacial score (nSPS) is 26.8. The third-order valence-corrected chi connectivity index (χ3v) is 9.30. The highest BCUT2D eigenvalue weighted by atomic mass is 15.3. The predicted molar refractivity (Wildman–Crippen MR) is 167 cm³/mol. The van der Waals surface area contributed by atoms with Gasteiger partial charge in [0.05, 0.1) is 17.9 Å². The quantitative estimate of drug-likeness (QED) is 0.317. The van der Waals surface area contributed by atoms with Crippen molar-refractivity contribution in [1.82, 2.24) is 29.7 Å². The van der Waals surface area contributed by atoms with E-state index in [1.807, 2.05) is 6.20 Å². The molecule has 0 spiro atoms. The van der Waals surface area contributed by atoms with Gasteiger partial charge in [0.15, 0.2) is 5.65 Å². The first-order valence-corrected chi connectivity index (χ1v) is 15.7. The van der Waals surface area contributed by atoms with Gasteiger partial charge in [-0.25, -0.2) is 9.97 Å². The van der Waals surface area contributed by atoms with Crippen LogP contribution in [0.2, 0.25) is 0 Å². The molecule has 2 N–H and O–H groups in total. The molecule has 40 heavy (non-hydrogen) atoms. The first-order chi connectivity index (χ1) is 19.3. The summed E-state index contributed by atoms with van der Waals surface area (Å²) >= 11 is 0. The van der Waals surface area contributed by atoms with Crippen LogP contribution in [0.4, 0.5) is 5.69 Å². The fourth-order valence-electron chi connectivity index (χ4n) is 7.40. The van der Waals surface area contributed by atoms with E-state index in [2.05, 4.69) is 103 Å². The average Bonchev–Trinajstić information content (AvgIpc) is 3.29. The molecule has 1 unspecified atom stereocenters. The topological polar surface area (TPSA) is 61.3 Å². The number of imidazole rings is 1. The zero-order valence-electron chi connectivity index (χ0n) is 25.7. The minimum absolute atomic E-state index is 0.114. The SMILES string of the molecule is CCCC(c1nc2cc(N[C@H]3CC[C@@](c4ccccc4)(N(C)C)CC3)cnc2n1CCC)N1C[C@@H](C)N[C@@H](C)C1. The Morgan fingerprint density at radius 2 is 1.75 bits per heavy atom. The van der Waals surface area contributed by atoms with Crippen molar-refractivity contribution in [3.8, 4) is 0 Å². The lowest BCUT2D eigenvalue weighted by molar-refractivity contribution is 0.0945. The van der Waals surface area contributed by atoms with Crippen molar-refractivity contribution in [1.29, 1.82) is 0 Å². The van der Waals surface area contributed by atoms with Crippen LogP contribution >= 0.6 is 0 Å². The number of benzene rings is 1. The van der Waals surface area contributed by atoms with Crippen LogP contribution < -0.4 is 10.6 Å². The second kappa shape index (κ2) is 12.6. The van der Waals surface area contributed by atoms with Crippen LogP contribution in [0.3, 0.4) is 0 Å². The molecule has 3 atom stereocenters. The van der Waals surface area contributed by atoms with Crippen LogP contribution in [0.1, 0.15) is 90.1 Å². The van der Waals surface area contributed by atoms with E-state index < -0.39 is 0 Å². The Hall–Kier alpha value is -2.48. The van der Waals surface area contributed by atoms with E-state index in [0.717, 1.165) is 81.4 Å². The number of hydrogen-bond acceptors (Lipinski definition) is 6. The molecule has 5 rings (SSSR count). The van der Waals surface area contributed by atoms with E-state index in [1.165, 1.54) is 11.4 Å².